The van der Waals surface area contributed by atoms with E-state index in [2.05, 4.69) is 10.6 Å². The van der Waals surface area contributed by atoms with Gasteiger partial charge in [0.05, 0.1) is 11.7 Å². The topological polar surface area (TPSA) is 70.6 Å². The molecule has 1 heterocycles. The van der Waals surface area contributed by atoms with Gasteiger partial charge >= 0.3 is 0 Å². The maximum Gasteiger partial charge on any atom is 0.246 e. The fourth-order valence-electron chi connectivity index (χ4n) is 1.87. The number of ether oxygens (including phenoxy) is 1. The molecule has 2 rings (SSSR count). The smallest absolute Gasteiger partial charge is 0.246 e. The molecule has 1 amide bonds. The molecule has 0 bridgehead atoms. The number of hydrogen-bond acceptors (Lipinski definition) is 4. The summed E-state index contributed by atoms with van der Waals surface area (Å²) in [4.78, 5) is 11.6. The second-order valence-corrected chi connectivity index (χ2v) is 5.07. The first-order valence-electron chi connectivity index (χ1n) is 6.43. The number of nitrogens with one attached hydrogen (secondary N) is 2. The van der Waals surface area contributed by atoms with Crippen LogP contribution in [0.15, 0.2) is 30.3 Å². The molecule has 1 aromatic carbocycles. The summed E-state index contributed by atoms with van der Waals surface area (Å²) in [6.07, 6.45) is -0.689. The van der Waals surface area contributed by atoms with Crippen LogP contribution >= 0.6 is 0 Å². The van der Waals surface area contributed by atoms with E-state index in [0.29, 0.717) is 0 Å². The molecule has 1 saturated heterocycles. The quantitative estimate of drug-likeness (QED) is 0.687. The standard InChI is InChI=1S/C14H20N2O3/c1-14(9-15-10-14)19-8-13(18)16-7-12(17)11-5-3-2-4-6-11/h2-6,12,15,17H,7-10H2,1H3,(H,16,18). The van der Waals surface area contributed by atoms with Gasteiger partial charge in [0, 0.05) is 19.6 Å². The van der Waals surface area contributed by atoms with Crippen LogP contribution in [-0.2, 0) is 9.53 Å². The third kappa shape index (κ3) is 4.02. The number of amides is 1. The van der Waals surface area contributed by atoms with Gasteiger partial charge in [-0.05, 0) is 12.5 Å². The van der Waals surface area contributed by atoms with E-state index >= 15 is 0 Å². The predicted molar refractivity (Wildman–Crippen MR) is 71.6 cm³/mol. The maximum absolute atomic E-state index is 11.6. The van der Waals surface area contributed by atoms with Crippen molar-refractivity contribution < 1.29 is 14.6 Å². The Hall–Kier alpha value is -1.43. The van der Waals surface area contributed by atoms with Crippen molar-refractivity contribution in [3.05, 3.63) is 35.9 Å². The number of carbonyl (C=O) groups is 1. The fraction of sp³-hybridized carbons (Fsp3) is 0.500. The van der Waals surface area contributed by atoms with Gasteiger partial charge in [-0.3, -0.25) is 4.79 Å². The van der Waals surface area contributed by atoms with Crippen molar-refractivity contribution in [1.29, 1.82) is 0 Å². The first-order chi connectivity index (χ1) is 9.09. The molecule has 5 heteroatoms. The van der Waals surface area contributed by atoms with E-state index in [4.69, 9.17) is 4.74 Å². The lowest BCUT2D eigenvalue weighted by molar-refractivity contribution is -0.136. The molecule has 19 heavy (non-hydrogen) atoms. The molecule has 1 atom stereocenters. The molecule has 0 radical (unpaired) electrons. The van der Waals surface area contributed by atoms with Crippen LogP contribution in [0.5, 0.6) is 0 Å². The van der Waals surface area contributed by atoms with Gasteiger partial charge in [-0.25, -0.2) is 0 Å². The number of benzene rings is 1. The Morgan fingerprint density at radius 1 is 1.47 bits per heavy atom. The van der Waals surface area contributed by atoms with Crippen molar-refractivity contribution in [2.45, 2.75) is 18.6 Å². The van der Waals surface area contributed by atoms with Crippen molar-refractivity contribution in [1.82, 2.24) is 10.6 Å². The summed E-state index contributed by atoms with van der Waals surface area (Å²) < 4.78 is 5.51. The normalized spacial score (nSPS) is 18.4. The molecule has 3 N–H and O–H groups in total. The van der Waals surface area contributed by atoms with E-state index in [1.807, 2.05) is 37.3 Å². The van der Waals surface area contributed by atoms with Crippen LogP contribution in [0.3, 0.4) is 0 Å². The van der Waals surface area contributed by atoms with Crippen LogP contribution in [-0.4, -0.2) is 42.9 Å². The van der Waals surface area contributed by atoms with Crippen LogP contribution in [0.1, 0.15) is 18.6 Å². The molecule has 0 spiro atoms. The molecule has 0 aromatic heterocycles. The zero-order valence-electron chi connectivity index (χ0n) is 11.1. The van der Waals surface area contributed by atoms with E-state index in [0.717, 1.165) is 18.7 Å². The van der Waals surface area contributed by atoms with Gasteiger partial charge in [-0.2, -0.15) is 0 Å². The lowest BCUT2D eigenvalue weighted by atomic mass is 10.0. The Morgan fingerprint density at radius 3 is 2.74 bits per heavy atom. The summed E-state index contributed by atoms with van der Waals surface area (Å²) in [5, 5.41) is 15.7. The number of aliphatic hydroxyl groups excluding tert-OH is 1. The zero-order chi connectivity index (χ0) is 13.7. The maximum atomic E-state index is 11.6. The van der Waals surface area contributed by atoms with E-state index in [1.165, 1.54) is 0 Å². The van der Waals surface area contributed by atoms with Gasteiger partial charge in [-0.1, -0.05) is 30.3 Å². The number of hydrogen-bond donors (Lipinski definition) is 3. The van der Waals surface area contributed by atoms with Crippen molar-refractivity contribution >= 4 is 5.91 Å². The van der Waals surface area contributed by atoms with Crippen molar-refractivity contribution in [2.75, 3.05) is 26.2 Å². The molecule has 0 saturated carbocycles. The van der Waals surface area contributed by atoms with E-state index in [-0.39, 0.29) is 24.7 Å². The van der Waals surface area contributed by atoms with Crippen LogP contribution in [0, 0.1) is 0 Å². The average Bonchev–Trinajstić information content (AvgIpc) is 2.41. The molecule has 1 fully saturated rings. The Labute approximate surface area is 113 Å². The lowest BCUT2D eigenvalue weighted by Gasteiger charge is -2.38. The Balaban J connectivity index is 1.68. The molecule has 1 aromatic rings. The van der Waals surface area contributed by atoms with Gasteiger partial charge in [0.25, 0.3) is 0 Å². The average molecular weight is 264 g/mol. The Bertz CT molecular complexity index is 418. The highest BCUT2D eigenvalue weighted by atomic mass is 16.5. The summed E-state index contributed by atoms with van der Waals surface area (Å²) >= 11 is 0. The first kappa shape index (κ1) is 14.0. The fourth-order valence-corrected chi connectivity index (χ4v) is 1.87. The molecular weight excluding hydrogens is 244 g/mol. The van der Waals surface area contributed by atoms with E-state index in [1.54, 1.807) is 0 Å². The minimum absolute atomic E-state index is 0.0275. The molecular formula is C14H20N2O3. The zero-order valence-corrected chi connectivity index (χ0v) is 11.1. The molecule has 0 aliphatic carbocycles. The Morgan fingerprint density at radius 2 is 2.16 bits per heavy atom. The number of aliphatic hydroxyl groups is 1. The summed E-state index contributed by atoms with van der Waals surface area (Å²) in [6, 6.07) is 9.25. The molecule has 104 valence electrons. The van der Waals surface area contributed by atoms with Crippen molar-refractivity contribution in [3.63, 3.8) is 0 Å². The second kappa shape index (κ2) is 6.14. The summed E-state index contributed by atoms with van der Waals surface area (Å²) in [5.41, 5.74) is 0.564. The van der Waals surface area contributed by atoms with Gasteiger partial charge in [0.1, 0.15) is 6.61 Å². The molecule has 1 aliphatic heterocycles. The molecule has 1 unspecified atom stereocenters. The highest BCUT2D eigenvalue weighted by molar-refractivity contribution is 5.77. The van der Waals surface area contributed by atoms with Crippen molar-refractivity contribution in [2.24, 2.45) is 0 Å². The van der Waals surface area contributed by atoms with Gasteiger partial charge in [0.2, 0.25) is 5.91 Å². The molecule has 5 nitrogen and oxygen atoms in total. The highest BCUT2D eigenvalue weighted by Crippen LogP contribution is 2.14. The van der Waals surface area contributed by atoms with Crippen LogP contribution in [0.4, 0.5) is 0 Å². The van der Waals surface area contributed by atoms with E-state index < -0.39 is 6.10 Å². The van der Waals surface area contributed by atoms with Gasteiger partial charge < -0.3 is 20.5 Å². The van der Waals surface area contributed by atoms with Crippen LogP contribution in [0.25, 0.3) is 0 Å². The largest absolute Gasteiger partial charge is 0.387 e. The predicted octanol–water partition coefficient (Wildman–Crippen LogP) is 0.215. The highest BCUT2D eigenvalue weighted by Gasteiger charge is 2.32. The second-order valence-electron chi connectivity index (χ2n) is 5.07. The third-order valence-corrected chi connectivity index (χ3v) is 3.23. The van der Waals surface area contributed by atoms with Crippen molar-refractivity contribution in [3.8, 4) is 0 Å². The van der Waals surface area contributed by atoms with Gasteiger partial charge in [0.15, 0.2) is 0 Å². The summed E-state index contributed by atoms with van der Waals surface area (Å²) in [5.74, 6) is -0.205. The lowest BCUT2D eigenvalue weighted by Crippen LogP contribution is -2.59. The van der Waals surface area contributed by atoms with E-state index in [9.17, 15) is 9.90 Å². The number of carbonyl (C=O) groups excluding carboxylic acids is 1. The minimum Gasteiger partial charge on any atom is -0.387 e. The number of rotatable bonds is 6. The van der Waals surface area contributed by atoms with Gasteiger partial charge in [-0.15, -0.1) is 0 Å². The SMILES string of the molecule is CC1(OCC(=O)NCC(O)c2ccccc2)CNC1. The van der Waals surface area contributed by atoms with Crippen LogP contribution in [0.2, 0.25) is 0 Å². The van der Waals surface area contributed by atoms with Crippen LogP contribution < -0.4 is 10.6 Å². The third-order valence-electron chi connectivity index (χ3n) is 3.23. The molecule has 1 aliphatic rings. The first-order valence-corrected chi connectivity index (χ1v) is 6.43. The summed E-state index contributed by atoms with van der Waals surface area (Å²) in [6.45, 7) is 3.73. The summed E-state index contributed by atoms with van der Waals surface area (Å²) in [7, 11) is 0. The monoisotopic (exact) mass is 264 g/mol. The Kier molecular flexibility index (Phi) is 4.52. The minimum atomic E-state index is -0.689.